The van der Waals surface area contributed by atoms with Gasteiger partial charge in [-0.2, -0.15) is 0 Å². The van der Waals surface area contributed by atoms with E-state index in [-0.39, 0.29) is 18.1 Å². The summed E-state index contributed by atoms with van der Waals surface area (Å²) in [5.74, 6) is 0.763. The molecule has 29 heavy (non-hydrogen) atoms. The van der Waals surface area contributed by atoms with Crippen LogP contribution < -0.4 is 10.1 Å². The number of carbonyl (C=O) groups excluding carboxylic acids is 1. The van der Waals surface area contributed by atoms with Crippen molar-refractivity contribution in [3.8, 4) is 5.75 Å². The number of hydrogen-bond donors (Lipinski definition) is 1. The number of nitrogens with zero attached hydrogens (tertiary/aromatic N) is 2. The highest BCUT2D eigenvalue weighted by Gasteiger charge is 2.21. The number of ether oxygens (including phenoxy) is 2. The molecule has 1 N–H and O–H groups in total. The van der Waals surface area contributed by atoms with Crippen molar-refractivity contribution >= 4 is 5.91 Å². The number of likely N-dealkylation sites (tertiary alicyclic amines) is 1. The second-order valence-electron chi connectivity index (χ2n) is 7.82. The molecule has 3 heterocycles. The van der Waals surface area contributed by atoms with Crippen molar-refractivity contribution in [3.05, 3.63) is 59.9 Å². The fourth-order valence-corrected chi connectivity index (χ4v) is 3.89. The Balaban J connectivity index is 1.20. The number of pyridine rings is 1. The van der Waals surface area contributed by atoms with E-state index in [9.17, 15) is 4.79 Å². The zero-order chi connectivity index (χ0) is 19.9. The van der Waals surface area contributed by atoms with Gasteiger partial charge in [0.1, 0.15) is 12.4 Å². The molecule has 2 aromatic rings. The molecule has 1 amide bonds. The minimum absolute atomic E-state index is 0.0150. The number of carbonyl (C=O) groups is 1. The van der Waals surface area contributed by atoms with Gasteiger partial charge in [0.05, 0.1) is 11.8 Å². The lowest BCUT2D eigenvalue weighted by atomic mass is 10.0. The first-order valence-corrected chi connectivity index (χ1v) is 10.5. The lowest BCUT2D eigenvalue weighted by Gasteiger charge is -2.32. The molecule has 0 saturated carbocycles. The highest BCUT2D eigenvalue weighted by molar-refractivity contribution is 5.94. The van der Waals surface area contributed by atoms with Crippen LogP contribution in [0, 0.1) is 0 Å². The van der Waals surface area contributed by atoms with Crippen LogP contribution in [0.15, 0.2) is 48.7 Å². The summed E-state index contributed by atoms with van der Waals surface area (Å²) >= 11 is 0. The second-order valence-corrected chi connectivity index (χ2v) is 7.82. The molecule has 0 unspecified atom stereocenters. The lowest BCUT2D eigenvalue weighted by molar-refractivity contribution is 0.0679. The maximum atomic E-state index is 12.6. The van der Waals surface area contributed by atoms with Crippen LogP contribution in [0.4, 0.5) is 0 Å². The van der Waals surface area contributed by atoms with Gasteiger partial charge in [-0.25, -0.2) is 0 Å². The Labute approximate surface area is 172 Å². The summed E-state index contributed by atoms with van der Waals surface area (Å²) in [7, 11) is 0. The summed E-state index contributed by atoms with van der Waals surface area (Å²) in [6.45, 7) is 4.21. The minimum Gasteiger partial charge on any atom is -0.491 e. The average molecular weight is 396 g/mol. The predicted octanol–water partition coefficient (Wildman–Crippen LogP) is 3.03. The van der Waals surface area contributed by atoms with Gasteiger partial charge in [0.25, 0.3) is 5.91 Å². The molecule has 1 aromatic carbocycles. The number of nitrogens with one attached hydrogen (secondary N) is 1. The third kappa shape index (κ3) is 5.78. The van der Waals surface area contributed by atoms with Gasteiger partial charge < -0.3 is 14.8 Å². The molecule has 2 aliphatic rings. The van der Waals surface area contributed by atoms with E-state index in [1.165, 1.54) is 0 Å². The average Bonchev–Trinajstić information content (AvgIpc) is 3.28. The van der Waals surface area contributed by atoms with Crippen molar-refractivity contribution in [1.29, 1.82) is 0 Å². The molecule has 1 atom stereocenters. The standard InChI is InChI=1S/C23H29N3O3/c27-23(18-6-8-21(9-7-18)29-17-22-5-3-15-28-22)25-19-10-13-26(14-11-19)16-20-4-1-2-12-24-20/h1-2,4,6-9,12,19,22H,3,5,10-11,13-17H2,(H,25,27)/t22-/m1/s1. The van der Waals surface area contributed by atoms with Gasteiger partial charge in [-0.05, 0) is 62.1 Å². The number of amides is 1. The van der Waals surface area contributed by atoms with E-state index in [0.717, 1.165) is 63.4 Å². The van der Waals surface area contributed by atoms with Crippen molar-refractivity contribution in [1.82, 2.24) is 15.2 Å². The molecule has 6 nitrogen and oxygen atoms in total. The fourth-order valence-electron chi connectivity index (χ4n) is 3.89. The number of rotatable bonds is 7. The van der Waals surface area contributed by atoms with Crippen LogP contribution in [-0.2, 0) is 11.3 Å². The monoisotopic (exact) mass is 395 g/mol. The van der Waals surface area contributed by atoms with E-state index >= 15 is 0 Å². The van der Waals surface area contributed by atoms with Gasteiger partial charge in [0, 0.05) is 44.0 Å². The molecule has 0 aliphatic carbocycles. The molecular weight excluding hydrogens is 366 g/mol. The van der Waals surface area contributed by atoms with Crippen molar-refractivity contribution in [2.45, 2.75) is 44.4 Å². The van der Waals surface area contributed by atoms with Crippen LogP contribution >= 0.6 is 0 Å². The molecule has 4 rings (SSSR count). The molecule has 2 fully saturated rings. The quantitative estimate of drug-likeness (QED) is 0.781. The zero-order valence-electron chi connectivity index (χ0n) is 16.8. The van der Waals surface area contributed by atoms with Crippen molar-refractivity contribution in [2.75, 3.05) is 26.3 Å². The first-order chi connectivity index (χ1) is 14.3. The SMILES string of the molecule is O=C(NC1CCN(Cc2ccccn2)CC1)c1ccc(OC[C@H]2CCCO2)cc1. The van der Waals surface area contributed by atoms with Crippen molar-refractivity contribution < 1.29 is 14.3 Å². The highest BCUT2D eigenvalue weighted by Crippen LogP contribution is 2.18. The molecule has 2 aliphatic heterocycles. The highest BCUT2D eigenvalue weighted by atomic mass is 16.5. The summed E-state index contributed by atoms with van der Waals surface area (Å²) < 4.78 is 11.3. The topological polar surface area (TPSA) is 63.7 Å². The van der Waals surface area contributed by atoms with Gasteiger partial charge in [0.2, 0.25) is 0 Å². The largest absolute Gasteiger partial charge is 0.491 e. The van der Waals surface area contributed by atoms with Gasteiger partial charge >= 0.3 is 0 Å². The molecule has 2 saturated heterocycles. The Kier molecular flexibility index (Phi) is 6.75. The van der Waals surface area contributed by atoms with Gasteiger partial charge in [0.15, 0.2) is 0 Å². The summed E-state index contributed by atoms with van der Waals surface area (Å²) in [4.78, 5) is 19.4. The van der Waals surface area contributed by atoms with E-state index in [2.05, 4.69) is 21.3 Å². The smallest absolute Gasteiger partial charge is 0.251 e. The zero-order valence-corrected chi connectivity index (χ0v) is 16.8. The van der Waals surface area contributed by atoms with Crippen LogP contribution in [-0.4, -0.2) is 54.2 Å². The molecule has 0 bridgehead atoms. The minimum atomic E-state index is -0.0150. The Bertz CT molecular complexity index is 768. The molecule has 6 heteroatoms. The van der Waals surface area contributed by atoms with Gasteiger partial charge in [-0.15, -0.1) is 0 Å². The second kappa shape index (κ2) is 9.85. The third-order valence-corrected chi connectivity index (χ3v) is 5.61. The van der Waals surface area contributed by atoms with Crippen molar-refractivity contribution in [3.63, 3.8) is 0 Å². The van der Waals surface area contributed by atoms with Gasteiger partial charge in [-0.1, -0.05) is 6.07 Å². The molecule has 1 aromatic heterocycles. The molecule has 154 valence electrons. The van der Waals surface area contributed by atoms with Crippen LogP contribution in [0.1, 0.15) is 41.7 Å². The van der Waals surface area contributed by atoms with E-state index in [1.807, 2.05) is 42.6 Å². The first kappa shape index (κ1) is 19.9. The van der Waals surface area contributed by atoms with Crippen LogP contribution in [0.3, 0.4) is 0 Å². The lowest BCUT2D eigenvalue weighted by Crippen LogP contribution is -2.44. The number of piperidine rings is 1. The number of aromatic nitrogens is 1. The van der Waals surface area contributed by atoms with E-state index in [1.54, 1.807) is 0 Å². The molecule has 0 spiro atoms. The summed E-state index contributed by atoms with van der Waals surface area (Å²) in [5.41, 5.74) is 1.77. The number of hydrogen-bond acceptors (Lipinski definition) is 5. The third-order valence-electron chi connectivity index (χ3n) is 5.61. The summed E-state index contributed by atoms with van der Waals surface area (Å²) in [5, 5.41) is 3.17. The Morgan fingerprint density at radius 3 is 2.66 bits per heavy atom. The van der Waals surface area contributed by atoms with E-state index in [4.69, 9.17) is 9.47 Å². The van der Waals surface area contributed by atoms with Gasteiger partial charge in [-0.3, -0.25) is 14.7 Å². The van der Waals surface area contributed by atoms with Crippen LogP contribution in [0.2, 0.25) is 0 Å². The van der Waals surface area contributed by atoms with E-state index < -0.39 is 0 Å². The normalized spacial score (nSPS) is 20.5. The number of benzene rings is 1. The maximum Gasteiger partial charge on any atom is 0.251 e. The Morgan fingerprint density at radius 1 is 1.14 bits per heavy atom. The Morgan fingerprint density at radius 2 is 1.97 bits per heavy atom. The molecular formula is C23H29N3O3. The predicted molar refractivity (Wildman–Crippen MR) is 111 cm³/mol. The molecule has 0 radical (unpaired) electrons. The van der Waals surface area contributed by atoms with Crippen molar-refractivity contribution in [2.24, 2.45) is 0 Å². The fraction of sp³-hybridized carbons (Fsp3) is 0.478. The van der Waals surface area contributed by atoms with Crippen LogP contribution in [0.5, 0.6) is 5.75 Å². The maximum absolute atomic E-state index is 12.6. The summed E-state index contributed by atoms with van der Waals surface area (Å²) in [6.07, 6.45) is 6.11. The summed E-state index contributed by atoms with van der Waals surface area (Å²) in [6, 6.07) is 13.6. The van der Waals surface area contributed by atoms with Crippen LogP contribution in [0.25, 0.3) is 0 Å². The first-order valence-electron chi connectivity index (χ1n) is 10.5. The Hall–Kier alpha value is -2.44. The van der Waals surface area contributed by atoms with E-state index in [0.29, 0.717) is 12.2 Å².